The molecule has 0 aromatic heterocycles. The number of aliphatic hydroxyl groups is 5. The number of methoxy groups -OCH3 is 1. The minimum Gasteiger partial charge on any atom is -0.466 e. The van der Waals surface area contributed by atoms with Gasteiger partial charge in [-0.05, 0) is 6.08 Å². The van der Waals surface area contributed by atoms with Crippen molar-refractivity contribution in [2.75, 3.05) is 13.7 Å². The predicted molar refractivity (Wildman–Crippen MR) is 52.3 cm³/mol. The number of carbonyl (C=O) groups excluding carboxylic acids is 1. The zero-order chi connectivity index (χ0) is 12.7. The van der Waals surface area contributed by atoms with Crippen molar-refractivity contribution in [3.8, 4) is 0 Å². The molecule has 0 heterocycles. The lowest BCUT2D eigenvalue weighted by atomic mass is 10.0. The van der Waals surface area contributed by atoms with Crippen molar-refractivity contribution in [2.24, 2.45) is 0 Å². The van der Waals surface area contributed by atoms with E-state index >= 15 is 0 Å². The Morgan fingerprint density at radius 1 is 1.25 bits per heavy atom. The van der Waals surface area contributed by atoms with E-state index in [2.05, 4.69) is 4.74 Å². The van der Waals surface area contributed by atoms with Crippen LogP contribution in [0, 0.1) is 0 Å². The van der Waals surface area contributed by atoms with Gasteiger partial charge in [-0.15, -0.1) is 0 Å². The molecule has 4 atom stereocenters. The number of hydrogen-bond donors (Lipinski definition) is 5. The van der Waals surface area contributed by atoms with Crippen LogP contribution < -0.4 is 0 Å². The van der Waals surface area contributed by atoms with Crippen molar-refractivity contribution in [3.63, 3.8) is 0 Å². The van der Waals surface area contributed by atoms with Crippen LogP contribution in [0.3, 0.4) is 0 Å². The van der Waals surface area contributed by atoms with Crippen LogP contribution >= 0.6 is 0 Å². The van der Waals surface area contributed by atoms with E-state index in [1.54, 1.807) is 0 Å². The van der Waals surface area contributed by atoms with Crippen molar-refractivity contribution in [3.05, 3.63) is 12.2 Å². The molecular weight excluding hydrogens is 220 g/mol. The molecule has 0 spiro atoms. The van der Waals surface area contributed by atoms with Gasteiger partial charge in [0, 0.05) is 6.08 Å². The molecule has 94 valence electrons. The van der Waals surface area contributed by atoms with Crippen molar-refractivity contribution in [2.45, 2.75) is 24.4 Å². The van der Waals surface area contributed by atoms with Gasteiger partial charge in [0.1, 0.15) is 24.4 Å². The average Bonchev–Trinajstić information content (AvgIpc) is 2.32. The fraction of sp³-hybridized carbons (Fsp3) is 0.667. The van der Waals surface area contributed by atoms with Crippen LogP contribution in [-0.2, 0) is 9.53 Å². The van der Waals surface area contributed by atoms with Crippen LogP contribution in [0.2, 0.25) is 0 Å². The van der Waals surface area contributed by atoms with Gasteiger partial charge in [0.25, 0.3) is 0 Å². The summed E-state index contributed by atoms with van der Waals surface area (Å²) in [5.74, 6) is -0.733. The van der Waals surface area contributed by atoms with Crippen LogP contribution in [0.4, 0.5) is 0 Å². The zero-order valence-corrected chi connectivity index (χ0v) is 8.72. The largest absolute Gasteiger partial charge is 0.466 e. The summed E-state index contributed by atoms with van der Waals surface area (Å²) in [6, 6.07) is 0. The minimum atomic E-state index is -1.72. The first-order valence-corrected chi connectivity index (χ1v) is 4.53. The molecule has 0 amide bonds. The Morgan fingerprint density at radius 2 is 1.81 bits per heavy atom. The quantitative estimate of drug-likeness (QED) is 0.248. The lowest BCUT2D eigenvalue weighted by molar-refractivity contribution is -0.135. The number of carbonyl (C=O) groups is 1. The maximum atomic E-state index is 10.6. The molecule has 4 unspecified atom stereocenters. The Labute approximate surface area is 92.2 Å². The van der Waals surface area contributed by atoms with E-state index < -0.39 is 37.0 Å². The maximum absolute atomic E-state index is 10.6. The van der Waals surface area contributed by atoms with Crippen LogP contribution in [0.5, 0.6) is 0 Å². The van der Waals surface area contributed by atoms with Gasteiger partial charge in [-0.25, -0.2) is 4.79 Å². The zero-order valence-electron chi connectivity index (χ0n) is 8.72. The number of hydrogen-bond acceptors (Lipinski definition) is 7. The van der Waals surface area contributed by atoms with Crippen molar-refractivity contribution < 1.29 is 35.1 Å². The van der Waals surface area contributed by atoms with Gasteiger partial charge < -0.3 is 30.3 Å². The van der Waals surface area contributed by atoms with Crippen LogP contribution in [0.1, 0.15) is 0 Å². The smallest absolute Gasteiger partial charge is 0.330 e. The average molecular weight is 236 g/mol. The molecule has 16 heavy (non-hydrogen) atoms. The van der Waals surface area contributed by atoms with Gasteiger partial charge in [-0.2, -0.15) is 0 Å². The highest BCUT2D eigenvalue weighted by molar-refractivity contribution is 5.81. The lowest BCUT2D eigenvalue weighted by Crippen LogP contribution is -2.45. The molecular formula is C9H16O7. The van der Waals surface area contributed by atoms with E-state index in [0.717, 1.165) is 19.3 Å². The van der Waals surface area contributed by atoms with Gasteiger partial charge in [0.2, 0.25) is 0 Å². The monoisotopic (exact) mass is 236 g/mol. The van der Waals surface area contributed by atoms with Crippen LogP contribution in [0.25, 0.3) is 0 Å². The molecule has 7 heteroatoms. The number of ether oxygens (including phenoxy) is 1. The third-order valence-electron chi connectivity index (χ3n) is 1.91. The second-order valence-corrected chi connectivity index (χ2v) is 3.10. The Bertz CT molecular complexity index is 240. The molecule has 0 aliphatic heterocycles. The number of rotatable bonds is 6. The fourth-order valence-corrected chi connectivity index (χ4v) is 0.897. The van der Waals surface area contributed by atoms with E-state index in [1.165, 1.54) is 0 Å². The van der Waals surface area contributed by atoms with Crippen molar-refractivity contribution >= 4 is 5.97 Å². The highest BCUT2D eigenvalue weighted by Crippen LogP contribution is 2.06. The van der Waals surface area contributed by atoms with Gasteiger partial charge in [0.05, 0.1) is 13.7 Å². The molecule has 0 radical (unpaired) electrons. The second kappa shape index (κ2) is 7.31. The SMILES string of the molecule is COC(=O)C=CC(O)C(O)C(O)C(O)CO. The summed E-state index contributed by atoms with van der Waals surface area (Å²) in [4.78, 5) is 10.6. The molecule has 0 saturated carbocycles. The Hall–Kier alpha value is -0.990. The van der Waals surface area contributed by atoms with Crippen molar-refractivity contribution in [1.29, 1.82) is 0 Å². The molecule has 0 aliphatic carbocycles. The maximum Gasteiger partial charge on any atom is 0.330 e. The second-order valence-electron chi connectivity index (χ2n) is 3.10. The summed E-state index contributed by atoms with van der Waals surface area (Å²) in [6.07, 6.45) is -4.80. The minimum absolute atomic E-state index is 0.733. The summed E-state index contributed by atoms with van der Waals surface area (Å²) in [7, 11) is 1.14. The first-order valence-electron chi connectivity index (χ1n) is 4.53. The van der Waals surface area contributed by atoms with Crippen LogP contribution in [0.15, 0.2) is 12.2 Å². The molecule has 0 aromatic rings. The highest BCUT2D eigenvalue weighted by atomic mass is 16.5. The van der Waals surface area contributed by atoms with E-state index in [4.69, 9.17) is 10.2 Å². The Kier molecular flexibility index (Phi) is 6.86. The van der Waals surface area contributed by atoms with Crippen molar-refractivity contribution in [1.82, 2.24) is 0 Å². The molecule has 7 nitrogen and oxygen atoms in total. The van der Waals surface area contributed by atoms with E-state index in [-0.39, 0.29) is 0 Å². The molecule has 0 aromatic carbocycles. The van der Waals surface area contributed by atoms with E-state index in [0.29, 0.717) is 0 Å². The van der Waals surface area contributed by atoms with Gasteiger partial charge >= 0.3 is 5.97 Å². The number of aliphatic hydroxyl groups excluding tert-OH is 5. The molecule has 0 saturated heterocycles. The summed E-state index contributed by atoms with van der Waals surface area (Å²) < 4.78 is 4.24. The molecule has 0 bridgehead atoms. The summed E-state index contributed by atoms with van der Waals surface area (Å²) in [5, 5.41) is 45.3. The number of esters is 1. The molecule has 0 aliphatic rings. The predicted octanol–water partition coefficient (Wildman–Crippen LogP) is -2.85. The topological polar surface area (TPSA) is 127 Å². The Morgan fingerprint density at radius 3 is 2.25 bits per heavy atom. The molecule has 0 rings (SSSR count). The first-order chi connectivity index (χ1) is 7.43. The van der Waals surface area contributed by atoms with Gasteiger partial charge in [0.15, 0.2) is 0 Å². The molecule has 0 fully saturated rings. The highest BCUT2D eigenvalue weighted by Gasteiger charge is 2.28. The summed E-state index contributed by atoms with van der Waals surface area (Å²) in [6.45, 7) is -0.758. The van der Waals surface area contributed by atoms with E-state index in [9.17, 15) is 20.1 Å². The van der Waals surface area contributed by atoms with Gasteiger partial charge in [-0.3, -0.25) is 0 Å². The third-order valence-corrected chi connectivity index (χ3v) is 1.91. The Balaban J connectivity index is 4.32. The fourth-order valence-electron chi connectivity index (χ4n) is 0.897. The van der Waals surface area contributed by atoms with E-state index in [1.807, 2.05) is 0 Å². The molecule has 5 N–H and O–H groups in total. The summed E-state index contributed by atoms with van der Waals surface area (Å²) >= 11 is 0. The van der Waals surface area contributed by atoms with Gasteiger partial charge in [-0.1, -0.05) is 0 Å². The third kappa shape index (κ3) is 4.69. The summed E-state index contributed by atoms with van der Waals surface area (Å²) in [5.41, 5.74) is 0. The van der Waals surface area contributed by atoms with Crippen LogP contribution in [-0.4, -0.2) is 69.6 Å². The first kappa shape index (κ1) is 15.0. The standard InChI is InChI=1S/C9H16O7/c1-16-7(13)3-2-5(11)8(14)9(15)6(12)4-10/h2-3,5-6,8-12,14-15H,4H2,1H3. The normalized spacial score (nSPS) is 19.1. The lowest BCUT2D eigenvalue weighted by Gasteiger charge is -2.23.